The van der Waals surface area contributed by atoms with Crippen molar-refractivity contribution in [2.45, 2.75) is 31.9 Å². The van der Waals surface area contributed by atoms with Crippen molar-refractivity contribution < 1.29 is 23.1 Å². The van der Waals surface area contributed by atoms with Crippen LogP contribution < -0.4 is 0 Å². The zero-order chi connectivity index (χ0) is 13.3. The number of aromatic nitrogens is 2. The van der Waals surface area contributed by atoms with Crippen LogP contribution in [0.2, 0.25) is 0 Å². The van der Waals surface area contributed by atoms with E-state index < -0.39 is 24.0 Å². The van der Waals surface area contributed by atoms with Crippen LogP contribution in [-0.4, -0.2) is 27.2 Å². The summed E-state index contributed by atoms with van der Waals surface area (Å²) in [6, 6.07) is 0. The van der Waals surface area contributed by atoms with Gasteiger partial charge >= 0.3 is 12.1 Å². The Morgan fingerprint density at radius 2 is 1.76 bits per heavy atom. The van der Waals surface area contributed by atoms with Crippen molar-refractivity contribution in [2.75, 3.05) is 0 Å². The van der Waals surface area contributed by atoms with E-state index in [0.29, 0.717) is 0 Å². The summed E-state index contributed by atoms with van der Waals surface area (Å²) >= 11 is 0. The molecule has 0 saturated carbocycles. The fraction of sp³-hybridized carbons (Fsp3) is 0.500. The maximum atomic E-state index is 12.1. The van der Waals surface area contributed by atoms with Crippen molar-refractivity contribution in [2.24, 2.45) is 0 Å². The van der Waals surface area contributed by atoms with E-state index in [-0.39, 0.29) is 11.4 Å². The number of nitrogens with zero attached hydrogens (tertiary/aromatic N) is 2. The molecule has 7 heteroatoms. The Labute approximate surface area is 95.5 Å². The Morgan fingerprint density at radius 3 is 2.12 bits per heavy atom. The molecule has 0 bridgehead atoms. The highest BCUT2D eigenvalue weighted by Gasteiger charge is 2.33. The van der Waals surface area contributed by atoms with Gasteiger partial charge in [0.25, 0.3) is 0 Å². The molecule has 0 aromatic carbocycles. The number of halogens is 3. The van der Waals surface area contributed by atoms with Gasteiger partial charge in [0, 0.05) is 12.4 Å². The highest BCUT2D eigenvalue weighted by Crippen LogP contribution is 2.22. The average Bonchev–Trinajstić information content (AvgIpc) is 2.15. The second-order valence-corrected chi connectivity index (χ2v) is 4.14. The molecule has 1 rings (SSSR count). The smallest absolute Gasteiger partial charge is 0.393 e. The van der Waals surface area contributed by atoms with E-state index in [1.54, 1.807) is 0 Å². The highest BCUT2D eigenvalue weighted by molar-refractivity contribution is 5.78. The minimum absolute atomic E-state index is 0.0177. The summed E-state index contributed by atoms with van der Waals surface area (Å²) in [4.78, 5) is 18.2. The first-order valence-electron chi connectivity index (χ1n) is 4.74. The van der Waals surface area contributed by atoms with Crippen molar-refractivity contribution in [1.82, 2.24) is 9.97 Å². The molecule has 1 aromatic rings. The van der Waals surface area contributed by atoms with E-state index in [4.69, 9.17) is 5.11 Å². The molecule has 0 aliphatic rings. The van der Waals surface area contributed by atoms with Crippen LogP contribution in [0.3, 0.4) is 0 Å². The Balaban J connectivity index is 2.93. The van der Waals surface area contributed by atoms with Gasteiger partial charge in [-0.1, -0.05) is 0 Å². The molecule has 0 amide bonds. The highest BCUT2D eigenvalue weighted by atomic mass is 19.4. The molecular formula is C10H11F3N2O2. The molecule has 0 aliphatic heterocycles. The predicted octanol–water partition coefficient (Wildman–Crippen LogP) is 1.94. The molecule has 94 valence electrons. The lowest BCUT2D eigenvalue weighted by molar-refractivity contribution is -0.142. The molecule has 0 radical (unpaired) electrons. The second kappa shape index (κ2) is 4.31. The van der Waals surface area contributed by atoms with Gasteiger partial charge in [-0.2, -0.15) is 13.2 Å². The lowest BCUT2D eigenvalue weighted by Crippen LogP contribution is -2.31. The van der Waals surface area contributed by atoms with Gasteiger partial charge in [0.2, 0.25) is 0 Å². The first kappa shape index (κ1) is 13.4. The van der Waals surface area contributed by atoms with Crippen LogP contribution in [0.1, 0.15) is 25.2 Å². The monoisotopic (exact) mass is 248 g/mol. The molecule has 0 atom stereocenters. The van der Waals surface area contributed by atoms with Crippen LogP contribution in [0.4, 0.5) is 13.2 Å². The molecule has 0 aliphatic carbocycles. The standard InChI is InChI=1S/C10H11F3N2O2/c1-9(2,8(16)17)7-14-4-6(5-15-7)3-10(11,12)13/h4-5H,3H2,1-2H3,(H,16,17). The van der Waals surface area contributed by atoms with Crippen LogP contribution in [0.25, 0.3) is 0 Å². The normalized spacial score (nSPS) is 12.5. The third kappa shape index (κ3) is 3.40. The van der Waals surface area contributed by atoms with E-state index in [1.807, 2.05) is 0 Å². The number of alkyl halides is 3. The van der Waals surface area contributed by atoms with E-state index >= 15 is 0 Å². The molecule has 1 heterocycles. The van der Waals surface area contributed by atoms with Crippen molar-refractivity contribution in [1.29, 1.82) is 0 Å². The van der Waals surface area contributed by atoms with Crippen molar-refractivity contribution >= 4 is 5.97 Å². The Bertz CT molecular complexity index is 413. The maximum Gasteiger partial charge on any atom is 0.393 e. The maximum absolute atomic E-state index is 12.1. The number of aliphatic carboxylic acids is 1. The van der Waals surface area contributed by atoms with Gasteiger partial charge in [0.15, 0.2) is 0 Å². The van der Waals surface area contributed by atoms with Gasteiger partial charge < -0.3 is 5.11 Å². The topological polar surface area (TPSA) is 63.1 Å². The number of rotatable bonds is 3. The molecule has 0 spiro atoms. The van der Waals surface area contributed by atoms with Gasteiger partial charge in [-0.15, -0.1) is 0 Å². The van der Waals surface area contributed by atoms with Crippen LogP contribution in [0.5, 0.6) is 0 Å². The zero-order valence-corrected chi connectivity index (χ0v) is 9.25. The zero-order valence-electron chi connectivity index (χ0n) is 9.25. The third-order valence-corrected chi connectivity index (χ3v) is 2.20. The SMILES string of the molecule is CC(C)(C(=O)O)c1ncc(CC(F)(F)F)cn1. The van der Waals surface area contributed by atoms with Crippen LogP contribution in [0, 0.1) is 0 Å². The van der Waals surface area contributed by atoms with Crippen molar-refractivity contribution in [3.8, 4) is 0 Å². The van der Waals surface area contributed by atoms with E-state index in [0.717, 1.165) is 12.4 Å². The van der Waals surface area contributed by atoms with Crippen LogP contribution in [0.15, 0.2) is 12.4 Å². The lowest BCUT2D eigenvalue weighted by atomic mass is 9.93. The lowest BCUT2D eigenvalue weighted by Gasteiger charge is -2.17. The summed E-state index contributed by atoms with van der Waals surface area (Å²) in [5.74, 6) is -1.16. The van der Waals surface area contributed by atoms with Crippen molar-refractivity contribution in [3.05, 3.63) is 23.8 Å². The molecule has 0 unspecified atom stereocenters. The predicted molar refractivity (Wildman–Crippen MR) is 52.5 cm³/mol. The fourth-order valence-electron chi connectivity index (χ4n) is 1.10. The number of carbonyl (C=O) groups is 1. The summed E-state index contributed by atoms with van der Waals surface area (Å²) in [6.45, 7) is 2.77. The second-order valence-electron chi connectivity index (χ2n) is 4.14. The third-order valence-electron chi connectivity index (χ3n) is 2.20. The van der Waals surface area contributed by atoms with E-state index in [1.165, 1.54) is 13.8 Å². The summed E-state index contributed by atoms with van der Waals surface area (Å²) in [7, 11) is 0. The Hall–Kier alpha value is -1.66. The van der Waals surface area contributed by atoms with Crippen LogP contribution >= 0.6 is 0 Å². The van der Waals surface area contributed by atoms with Gasteiger partial charge in [-0.3, -0.25) is 4.79 Å². The molecule has 0 fully saturated rings. The molecule has 0 saturated heterocycles. The Morgan fingerprint density at radius 1 is 1.29 bits per heavy atom. The average molecular weight is 248 g/mol. The summed E-state index contributed by atoms with van der Waals surface area (Å²) < 4.78 is 36.2. The summed E-state index contributed by atoms with van der Waals surface area (Å²) in [5, 5.41) is 8.89. The number of carboxylic acids is 1. The first-order chi connectivity index (χ1) is 7.63. The molecule has 1 aromatic heterocycles. The molecular weight excluding hydrogens is 237 g/mol. The van der Waals surface area contributed by atoms with Gasteiger partial charge in [-0.25, -0.2) is 9.97 Å². The fourth-order valence-corrected chi connectivity index (χ4v) is 1.10. The summed E-state index contributed by atoms with van der Waals surface area (Å²) in [6.07, 6.45) is -3.45. The van der Waals surface area contributed by atoms with Gasteiger partial charge in [0.1, 0.15) is 11.2 Å². The number of carboxylic acid groups (broad SMARTS) is 1. The number of hydrogen-bond donors (Lipinski definition) is 1. The minimum Gasteiger partial charge on any atom is -0.481 e. The molecule has 1 N–H and O–H groups in total. The largest absolute Gasteiger partial charge is 0.481 e. The van der Waals surface area contributed by atoms with Crippen molar-refractivity contribution in [3.63, 3.8) is 0 Å². The summed E-state index contributed by atoms with van der Waals surface area (Å²) in [5.41, 5.74) is -1.42. The Kier molecular flexibility index (Phi) is 3.40. The van der Waals surface area contributed by atoms with Crippen LogP contribution in [-0.2, 0) is 16.6 Å². The first-order valence-corrected chi connectivity index (χ1v) is 4.74. The molecule has 4 nitrogen and oxygen atoms in total. The minimum atomic E-state index is -4.33. The quantitative estimate of drug-likeness (QED) is 0.887. The molecule has 17 heavy (non-hydrogen) atoms. The number of hydrogen-bond acceptors (Lipinski definition) is 3. The van der Waals surface area contributed by atoms with E-state index in [2.05, 4.69) is 9.97 Å². The van der Waals surface area contributed by atoms with Gasteiger partial charge in [0.05, 0.1) is 6.42 Å². The van der Waals surface area contributed by atoms with Gasteiger partial charge in [-0.05, 0) is 19.4 Å². The van der Waals surface area contributed by atoms with E-state index in [9.17, 15) is 18.0 Å².